The molecule has 0 amide bonds. The molecule has 1 aromatic carbocycles. The number of esters is 1. The van der Waals surface area contributed by atoms with Crippen LogP contribution in [0.4, 0.5) is 0 Å². The summed E-state index contributed by atoms with van der Waals surface area (Å²) in [5.41, 5.74) is 6.79. The fraction of sp³-hybridized carbons (Fsp3) is 0.500. The Morgan fingerprint density at radius 3 is 2.58 bits per heavy atom. The summed E-state index contributed by atoms with van der Waals surface area (Å²) >= 11 is 0. The molecule has 0 heterocycles. The Bertz CT molecular complexity index is 346. The van der Waals surface area contributed by atoms with E-state index < -0.39 is 6.04 Å². The fourth-order valence-electron chi connectivity index (χ4n) is 1.60. The van der Waals surface area contributed by atoms with Gasteiger partial charge < -0.3 is 15.2 Å². The molecule has 1 aromatic rings. The molecule has 4 nitrogen and oxygen atoms in total. The quantitative estimate of drug-likeness (QED) is 0.589. The summed E-state index contributed by atoms with van der Waals surface area (Å²) in [6.45, 7) is 1.31. The first kappa shape index (κ1) is 17.9. The van der Waals surface area contributed by atoms with Crippen LogP contribution in [-0.4, -0.2) is 25.7 Å². The Hall–Kier alpha value is -1.10. The Morgan fingerprint density at radius 2 is 1.95 bits per heavy atom. The lowest BCUT2D eigenvalue weighted by Gasteiger charge is -2.09. The van der Waals surface area contributed by atoms with Gasteiger partial charge in [-0.25, -0.2) is 0 Å². The third kappa shape index (κ3) is 7.82. The summed E-state index contributed by atoms with van der Waals surface area (Å²) in [5.74, 6) is -0.347. The minimum Gasteiger partial charge on any atom is -0.468 e. The molecule has 0 aliphatic rings. The first-order chi connectivity index (χ1) is 8.74. The molecule has 5 heteroatoms. The van der Waals surface area contributed by atoms with Gasteiger partial charge in [0, 0.05) is 6.61 Å². The van der Waals surface area contributed by atoms with Crippen LogP contribution < -0.4 is 5.73 Å². The Labute approximate surface area is 120 Å². The van der Waals surface area contributed by atoms with Crippen LogP contribution in [0, 0.1) is 0 Å². The molecule has 19 heavy (non-hydrogen) atoms. The number of halogens is 1. The minimum absolute atomic E-state index is 0. The maximum absolute atomic E-state index is 11.0. The average molecular weight is 288 g/mol. The highest BCUT2D eigenvalue weighted by molar-refractivity contribution is 5.85. The van der Waals surface area contributed by atoms with E-state index in [-0.39, 0.29) is 18.4 Å². The number of hydrogen-bond acceptors (Lipinski definition) is 4. The molecule has 2 N–H and O–H groups in total. The topological polar surface area (TPSA) is 61.5 Å². The second-order valence-electron chi connectivity index (χ2n) is 4.16. The van der Waals surface area contributed by atoms with Crippen LogP contribution in [0.1, 0.15) is 24.8 Å². The normalized spacial score (nSPS) is 11.5. The van der Waals surface area contributed by atoms with E-state index in [0.29, 0.717) is 19.6 Å². The molecule has 0 radical (unpaired) electrons. The van der Waals surface area contributed by atoms with Crippen molar-refractivity contribution in [2.45, 2.75) is 31.9 Å². The van der Waals surface area contributed by atoms with E-state index in [1.54, 1.807) is 0 Å². The van der Waals surface area contributed by atoms with Crippen LogP contribution in [0.3, 0.4) is 0 Å². The molecule has 108 valence electrons. The average Bonchev–Trinajstić information content (AvgIpc) is 2.42. The summed E-state index contributed by atoms with van der Waals surface area (Å²) in [7, 11) is 1.35. The van der Waals surface area contributed by atoms with Crippen LogP contribution >= 0.6 is 12.4 Å². The van der Waals surface area contributed by atoms with Gasteiger partial charge in [0.2, 0.25) is 0 Å². The molecule has 0 saturated heterocycles. The number of ether oxygens (including phenoxy) is 2. The Morgan fingerprint density at radius 1 is 1.26 bits per heavy atom. The number of hydrogen-bond donors (Lipinski definition) is 1. The summed E-state index contributed by atoms with van der Waals surface area (Å²) in [4.78, 5) is 11.0. The lowest BCUT2D eigenvalue weighted by atomic mass is 10.1. The second-order valence-corrected chi connectivity index (χ2v) is 4.16. The van der Waals surface area contributed by atoms with Gasteiger partial charge in [0.1, 0.15) is 6.04 Å². The third-order valence-corrected chi connectivity index (χ3v) is 2.67. The number of benzene rings is 1. The maximum Gasteiger partial charge on any atom is 0.322 e. The molecule has 0 bridgehead atoms. The van der Waals surface area contributed by atoms with E-state index in [9.17, 15) is 4.79 Å². The van der Waals surface area contributed by atoms with Crippen molar-refractivity contribution in [2.75, 3.05) is 13.7 Å². The largest absolute Gasteiger partial charge is 0.468 e. The molecular weight excluding hydrogens is 266 g/mol. The molecule has 0 aliphatic heterocycles. The van der Waals surface area contributed by atoms with Crippen molar-refractivity contribution in [1.29, 1.82) is 0 Å². The van der Waals surface area contributed by atoms with Crippen molar-refractivity contribution in [3.63, 3.8) is 0 Å². The van der Waals surface area contributed by atoms with E-state index >= 15 is 0 Å². The number of carbonyl (C=O) groups excluding carboxylic acids is 1. The predicted molar refractivity (Wildman–Crippen MR) is 77.2 cm³/mol. The number of nitrogens with two attached hydrogens (primary N) is 1. The van der Waals surface area contributed by atoms with Gasteiger partial charge in [-0.3, -0.25) is 4.79 Å². The number of rotatable bonds is 8. The van der Waals surface area contributed by atoms with Gasteiger partial charge in [0.25, 0.3) is 0 Å². The first-order valence-corrected chi connectivity index (χ1v) is 6.19. The van der Waals surface area contributed by atoms with Crippen LogP contribution in [0.2, 0.25) is 0 Å². The van der Waals surface area contributed by atoms with Crippen molar-refractivity contribution in [1.82, 2.24) is 0 Å². The van der Waals surface area contributed by atoms with Gasteiger partial charge >= 0.3 is 5.97 Å². The highest BCUT2D eigenvalue weighted by atomic mass is 35.5. The minimum atomic E-state index is -0.510. The van der Waals surface area contributed by atoms with E-state index in [1.807, 2.05) is 30.3 Å². The van der Waals surface area contributed by atoms with Crippen molar-refractivity contribution >= 4 is 18.4 Å². The molecule has 1 atom stereocenters. The zero-order valence-corrected chi connectivity index (χ0v) is 12.0. The van der Waals surface area contributed by atoms with Crippen LogP contribution in [0.15, 0.2) is 30.3 Å². The van der Waals surface area contributed by atoms with Crippen LogP contribution in [0.25, 0.3) is 0 Å². The van der Waals surface area contributed by atoms with Crippen molar-refractivity contribution in [3.8, 4) is 0 Å². The summed E-state index contributed by atoms with van der Waals surface area (Å²) < 4.78 is 10.1. The third-order valence-electron chi connectivity index (χ3n) is 2.67. The molecule has 0 aromatic heterocycles. The highest BCUT2D eigenvalue weighted by Gasteiger charge is 2.12. The lowest BCUT2D eigenvalue weighted by molar-refractivity contribution is -0.142. The first-order valence-electron chi connectivity index (χ1n) is 6.19. The summed E-state index contributed by atoms with van der Waals surface area (Å²) in [6.07, 6.45) is 2.41. The summed E-state index contributed by atoms with van der Waals surface area (Å²) in [5, 5.41) is 0. The van der Waals surface area contributed by atoms with Crippen LogP contribution in [0.5, 0.6) is 0 Å². The molecule has 0 saturated carbocycles. The van der Waals surface area contributed by atoms with Crippen molar-refractivity contribution in [2.24, 2.45) is 5.73 Å². The molecule has 1 rings (SSSR count). The number of carbonyl (C=O) groups is 1. The second kappa shape index (κ2) is 10.8. The number of methoxy groups -OCH3 is 1. The van der Waals surface area contributed by atoms with E-state index in [2.05, 4.69) is 4.74 Å². The fourth-order valence-corrected chi connectivity index (χ4v) is 1.60. The van der Waals surface area contributed by atoms with Gasteiger partial charge in [-0.05, 0) is 24.8 Å². The SMILES string of the molecule is COC(=O)[C@@H](N)CCCCOCc1ccccc1.Cl. The van der Waals surface area contributed by atoms with Gasteiger partial charge in [-0.2, -0.15) is 0 Å². The summed E-state index contributed by atoms with van der Waals surface area (Å²) in [6, 6.07) is 9.53. The van der Waals surface area contributed by atoms with Gasteiger partial charge in [-0.15, -0.1) is 12.4 Å². The molecular formula is C14H22ClNO3. The van der Waals surface area contributed by atoms with Crippen molar-refractivity contribution in [3.05, 3.63) is 35.9 Å². The molecule has 0 spiro atoms. The zero-order chi connectivity index (χ0) is 13.2. The van der Waals surface area contributed by atoms with Crippen molar-refractivity contribution < 1.29 is 14.3 Å². The predicted octanol–water partition coefficient (Wildman–Crippen LogP) is 2.30. The van der Waals surface area contributed by atoms with Gasteiger partial charge in [0.05, 0.1) is 13.7 Å². The molecule has 0 aliphatic carbocycles. The maximum atomic E-state index is 11.0. The highest BCUT2D eigenvalue weighted by Crippen LogP contribution is 2.04. The van der Waals surface area contributed by atoms with E-state index in [0.717, 1.165) is 12.8 Å². The lowest BCUT2D eigenvalue weighted by Crippen LogP contribution is -2.31. The smallest absolute Gasteiger partial charge is 0.322 e. The van der Waals surface area contributed by atoms with Gasteiger partial charge in [0.15, 0.2) is 0 Å². The Kier molecular flexibility index (Phi) is 10.2. The zero-order valence-electron chi connectivity index (χ0n) is 11.2. The van der Waals surface area contributed by atoms with Gasteiger partial charge in [-0.1, -0.05) is 30.3 Å². The standard InChI is InChI=1S/C14H21NO3.ClH/c1-17-14(16)13(15)9-5-6-10-18-11-12-7-3-2-4-8-12;/h2-4,7-8,13H,5-6,9-11,15H2,1H3;1H/t13-;/m0./s1. The van der Waals surface area contributed by atoms with E-state index in [1.165, 1.54) is 12.7 Å². The number of unbranched alkanes of at least 4 members (excludes halogenated alkanes) is 1. The van der Waals surface area contributed by atoms with Crippen LogP contribution in [-0.2, 0) is 20.9 Å². The molecule has 0 fully saturated rings. The molecule has 0 unspecified atom stereocenters. The van der Waals surface area contributed by atoms with E-state index in [4.69, 9.17) is 10.5 Å². The monoisotopic (exact) mass is 287 g/mol. The Balaban J connectivity index is 0.00000324.